The maximum Gasteiger partial charge on any atom is 0.131 e. The maximum absolute atomic E-state index is 13.3. The fraction of sp³-hybridized carbons (Fsp3) is 0.231. The number of aryl methyl sites for hydroxylation is 1. The van der Waals surface area contributed by atoms with Crippen LogP contribution in [0.15, 0.2) is 41.0 Å². The molecule has 17 heavy (non-hydrogen) atoms. The van der Waals surface area contributed by atoms with Crippen molar-refractivity contribution in [3.63, 3.8) is 0 Å². The second-order valence-electron chi connectivity index (χ2n) is 3.77. The standard InChI is InChI=1S/C13H12F2O2/c14-10-4-1-5-11(15)13(10)12(16)7-6-9-3-2-8-17-9/h1-5,8,12,16H,6-7H2. The summed E-state index contributed by atoms with van der Waals surface area (Å²) in [4.78, 5) is 0. The first-order chi connectivity index (χ1) is 8.18. The van der Waals surface area contributed by atoms with E-state index in [0.717, 1.165) is 12.1 Å². The summed E-state index contributed by atoms with van der Waals surface area (Å²) < 4.78 is 31.8. The number of aliphatic hydroxyl groups excluding tert-OH is 1. The molecule has 1 aromatic heterocycles. The number of benzene rings is 1. The lowest BCUT2D eigenvalue weighted by molar-refractivity contribution is 0.156. The predicted octanol–water partition coefficient (Wildman–Crippen LogP) is 3.22. The van der Waals surface area contributed by atoms with Crippen LogP contribution < -0.4 is 0 Å². The number of rotatable bonds is 4. The minimum Gasteiger partial charge on any atom is -0.469 e. The van der Waals surface area contributed by atoms with E-state index < -0.39 is 17.7 Å². The average molecular weight is 238 g/mol. The van der Waals surface area contributed by atoms with Gasteiger partial charge in [0.2, 0.25) is 0 Å². The Morgan fingerprint density at radius 1 is 1.12 bits per heavy atom. The van der Waals surface area contributed by atoms with Gasteiger partial charge < -0.3 is 9.52 Å². The van der Waals surface area contributed by atoms with E-state index in [1.165, 1.54) is 12.3 Å². The summed E-state index contributed by atoms with van der Waals surface area (Å²) in [6, 6.07) is 7.02. The van der Waals surface area contributed by atoms with Gasteiger partial charge in [0.1, 0.15) is 17.4 Å². The van der Waals surface area contributed by atoms with Crippen LogP contribution in [0.5, 0.6) is 0 Å². The average Bonchev–Trinajstić information content (AvgIpc) is 2.79. The normalized spacial score (nSPS) is 12.6. The highest BCUT2D eigenvalue weighted by Gasteiger charge is 2.17. The SMILES string of the molecule is OC(CCc1ccco1)c1c(F)cccc1F. The van der Waals surface area contributed by atoms with Crippen molar-refractivity contribution in [1.29, 1.82) is 0 Å². The molecular weight excluding hydrogens is 226 g/mol. The Morgan fingerprint density at radius 3 is 2.41 bits per heavy atom. The van der Waals surface area contributed by atoms with Gasteiger partial charge in [0.15, 0.2) is 0 Å². The molecule has 0 amide bonds. The maximum atomic E-state index is 13.3. The second-order valence-corrected chi connectivity index (χ2v) is 3.77. The third-order valence-electron chi connectivity index (χ3n) is 2.58. The molecular formula is C13H12F2O2. The van der Waals surface area contributed by atoms with Gasteiger partial charge in [0.05, 0.1) is 17.9 Å². The molecule has 1 N–H and O–H groups in total. The molecule has 1 heterocycles. The molecule has 0 radical (unpaired) electrons. The van der Waals surface area contributed by atoms with Gasteiger partial charge in [-0.05, 0) is 30.7 Å². The van der Waals surface area contributed by atoms with Gasteiger partial charge in [-0.1, -0.05) is 6.07 Å². The Kier molecular flexibility index (Phi) is 3.54. The first-order valence-electron chi connectivity index (χ1n) is 5.33. The fourth-order valence-electron chi connectivity index (χ4n) is 1.71. The lowest BCUT2D eigenvalue weighted by Gasteiger charge is -2.11. The first kappa shape index (κ1) is 11.8. The van der Waals surface area contributed by atoms with Gasteiger partial charge in [-0.2, -0.15) is 0 Å². The third kappa shape index (κ3) is 2.71. The van der Waals surface area contributed by atoms with Crippen LogP contribution in [-0.4, -0.2) is 5.11 Å². The molecule has 0 saturated heterocycles. The molecule has 0 spiro atoms. The van der Waals surface area contributed by atoms with Crippen molar-refractivity contribution in [3.8, 4) is 0 Å². The largest absolute Gasteiger partial charge is 0.469 e. The van der Waals surface area contributed by atoms with Crippen LogP contribution in [0.25, 0.3) is 0 Å². The minimum absolute atomic E-state index is 0.214. The van der Waals surface area contributed by atoms with Gasteiger partial charge in [0, 0.05) is 6.42 Å². The molecule has 0 aliphatic heterocycles. The van der Waals surface area contributed by atoms with E-state index in [1.54, 1.807) is 12.1 Å². The molecule has 1 atom stereocenters. The van der Waals surface area contributed by atoms with Gasteiger partial charge in [-0.25, -0.2) is 8.78 Å². The summed E-state index contributed by atoms with van der Waals surface area (Å²) in [5.41, 5.74) is -0.279. The second kappa shape index (κ2) is 5.10. The number of hydrogen-bond donors (Lipinski definition) is 1. The van der Waals surface area contributed by atoms with Gasteiger partial charge in [-0.15, -0.1) is 0 Å². The highest BCUT2D eigenvalue weighted by molar-refractivity contribution is 5.22. The van der Waals surface area contributed by atoms with Gasteiger partial charge in [-0.3, -0.25) is 0 Å². The summed E-state index contributed by atoms with van der Waals surface area (Å²) in [6.45, 7) is 0. The van der Waals surface area contributed by atoms with E-state index in [1.807, 2.05) is 0 Å². The molecule has 2 rings (SSSR count). The summed E-state index contributed by atoms with van der Waals surface area (Å²) in [7, 11) is 0. The molecule has 90 valence electrons. The topological polar surface area (TPSA) is 33.4 Å². The molecule has 0 saturated carbocycles. The van der Waals surface area contributed by atoms with Gasteiger partial charge in [0.25, 0.3) is 0 Å². The molecule has 0 fully saturated rings. The molecule has 0 aliphatic rings. The van der Waals surface area contributed by atoms with Crippen molar-refractivity contribution < 1.29 is 18.3 Å². The zero-order valence-corrected chi connectivity index (χ0v) is 9.07. The molecule has 2 aromatic rings. The zero-order chi connectivity index (χ0) is 12.3. The Morgan fingerprint density at radius 2 is 1.82 bits per heavy atom. The van der Waals surface area contributed by atoms with E-state index in [4.69, 9.17) is 4.42 Å². The van der Waals surface area contributed by atoms with Crippen molar-refractivity contribution in [1.82, 2.24) is 0 Å². The van der Waals surface area contributed by atoms with Crippen LogP contribution in [0, 0.1) is 11.6 Å². The smallest absolute Gasteiger partial charge is 0.131 e. The molecule has 0 aliphatic carbocycles. The minimum atomic E-state index is -1.17. The lowest BCUT2D eigenvalue weighted by atomic mass is 10.0. The highest BCUT2D eigenvalue weighted by atomic mass is 19.1. The van der Waals surface area contributed by atoms with Crippen molar-refractivity contribution in [2.45, 2.75) is 18.9 Å². The molecule has 0 bridgehead atoms. The Bertz CT molecular complexity index is 460. The van der Waals surface area contributed by atoms with Crippen LogP contribution >= 0.6 is 0 Å². The zero-order valence-electron chi connectivity index (χ0n) is 9.07. The van der Waals surface area contributed by atoms with Crippen LogP contribution in [0.3, 0.4) is 0 Å². The number of halogens is 2. The van der Waals surface area contributed by atoms with Crippen molar-refractivity contribution in [2.75, 3.05) is 0 Å². The Hall–Kier alpha value is -1.68. The lowest BCUT2D eigenvalue weighted by Crippen LogP contribution is -2.05. The molecule has 1 aromatic carbocycles. The number of furan rings is 1. The quantitative estimate of drug-likeness (QED) is 0.887. The third-order valence-corrected chi connectivity index (χ3v) is 2.58. The van der Waals surface area contributed by atoms with Crippen LogP contribution in [0.2, 0.25) is 0 Å². The summed E-state index contributed by atoms with van der Waals surface area (Å²) in [5, 5.41) is 9.76. The Balaban J connectivity index is 2.07. The number of hydrogen-bond acceptors (Lipinski definition) is 2. The monoisotopic (exact) mass is 238 g/mol. The van der Waals surface area contributed by atoms with E-state index in [9.17, 15) is 13.9 Å². The summed E-state index contributed by atoms with van der Waals surface area (Å²) in [5.74, 6) is -0.769. The number of aliphatic hydroxyl groups is 1. The molecule has 4 heteroatoms. The molecule has 2 nitrogen and oxygen atoms in total. The van der Waals surface area contributed by atoms with Crippen LogP contribution in [-0.2, 0) is 6.42 Å². The first-order valence-corrected chi connectivity index (χ1v) is 5.33. The summed E-state index contributed by atoms with van der Waals surface area (Å²) >= 11 is 0. The van der Waals surface area contributed by atoms with E-state index in [2.05, 4.69) is 0 Å². The van der Waals surface area contributed by atoms with Crippen molar-refractivity contribution >= 4 is 0 Å². The molecule has 1 unspecified atom stereocenters. The van der Waals surface area contributed by atoms with Crippen molar-refractivity contribution in [2.24, 2.45) is 0 Å². The van der Waals surface area contributed by atoms with E-state index in [-0.39, 0.29) is 12.0 Å². The van der Waals surface area contributed by atoms with Crippen LogP contribution in [0.1, 0.15) is 23.8 Å². The predicted molar refractivity (Wildman–Crippen MR) is 58.3 cm³/mol. The van der Waals surface area contributed by atoms with Crippen molar-refractivity contribution in [3.05, 3.63) is 59.6 Å². The van der Waals surface area contributed by atoms with E-state index >= 15 is 0 Å². The van der Waals surface area contributed by atoms with Gasteiger partial charge >= 0.3 is 0 Å². The summed E-state index contributed by atoms with van der Waals surface area (Å²) in [6.07, 6.45) is 1.000. The fourth-order valence-corrected chi connectivity index (χ4v) is 1.71. The Labute approximate surface area is 97.5 Å². The van der Waals surface area contributed by atoms with Crippen LogP contribution in [0.4, 0.5) is 8.78 Å². The highest BCUT2D eigenvalue weighted by Crippen LogP contribution is 2.24. The van der Waals surface area contributed by atoms with E-state index in [0.29, 0.717) is 12.2 Å².